The number of aromatic nitrogens is 2. The molecule has 1 unspecified atom stereocenters. The van der Waals surface area contributed by atoms with Crippen LogP contribution in [0.3, 0.4) is 0 Å². The molecule has 98 valence electrons. The van der Waals surface area contributed by atoms with Crippen LogP contribution in [0.2, 0.25) is 0 Å². The Balaban J connectivity index is 1.75. The predicted octanol–water partition coefficient (Wildman–Crippen LogP) is 1.94. The summed E-state index contributed by atoms with van der Waals surface area (Å²) in [7, 11) is 0. The third kappa shape index (κ3) is 1.75. The molecule has 0 spiro atoms. The number of imidazole rings is 1. The maximum absolute atomic E-state index is 5.75. The zero-order chi connectivity index (χ0) is 12.7. The molecular weight excluding hydrogens is 238 g/mol. The molecule has 1 fully saturated rings. The second kappa shape index (κ2) is 4.38. The van der Waals surface area contributed by atoms with Gasteiger partial charge in [-0.25, -0.2) is 4.98 Å². The average molecular weight is 255 g/mol. The molecule has 0 amide bonds. The highest BCUT2D eigenvalue weighted by Gasteiger charge is 2.28. The van der Waals surface area contributed by atoms with Crippen molar-refractivity contribution in [2.45, 2.75) is 18.4 Å². The van der Waals surface area contributed by atoms with Crippen LogP contribution in [0.4, 0.5) is 0 Å². The second-order valence-electron chi connectivity index (χ2n) is 5.27. The third-order valence-electron chi connectivity index (χ3n) is 4.16. The van der Waals surface area contributed by atoms with E-state index in [1.54, 1.807) is 0 Å². The molecule has 2 aliphatic rings. The van der Waals surface area contributed by atoms with Crippen LogP contribution in [0.25, 0.3) is 0 Å². The summed E-state index contributed by atoms with van der Waals surface area (Å²) >= 11 is 0. The highest BCUT2D eigenvalue weighted by atomic mass is 16.5. The zero-order valence-corrected chi connectivity index (χ0v) is 10.7. The summed E-state index contributed by atoms with van der Waals surface area (Å²) in [4.78, 5) is 4.37. The Morgan fingerprint density at radius 1 is 1.26 bits per heavy atom. The Morgan fingerprint density at radius 2 is 2.16 bits per heavy atom. The van der Waals surface area contributed by atoms with Crippen molar-refractivity contribution in [3.8, 4) is 5.75 Å². The van der Waals surface area contributed by atoms with Gasteiger partial charge in [0.05, 0.1) is 19.0 Å². The molecule has 0 aliphatic carbocycles. The van der Waals surface area contributed by atoms with Crippen LogP contribution in [0, 0.1) is 0 Å². The first-order valence-corrected chi connectivity index (χ1v) is 6.87. The van der Waals surface area contributed by atoms with E-state index in [9.17, 15) is 0 Å². The van der Waals surface area contributed by atoms with Crippen LogP contribution in [0.15, 0.2) is 36.8 Å². The van der Waals surface area contributed by atoms with E-state index >= 15 is 0 Å². The van der Waals surface area contributed by atoms with Gasteiger partial charge < -0.3 is 14.6 Å². The average Bonchev–Trinajstić information content (AvgIpc) is 2.85. The molecule has 1 saturated heterocycles. The minimum atomic E-state index is 0.364. The number of ether oxygens (including phenoxy) is 1. The summed E-state index contributed by atoms with van der Waals surface area (Å²) in [5.41, 5.74) is 2.63. The Morgan fingerprint density at radius 3 is 3.00 bits per heavy atom. The third-order valence-corrected chi connectivity index (χ3v) is 4.16. The van der Waals surface area contributed by atoms with Crippen LogP contribution >= 0.6 is 0 Å². The van der Waals surface area contributed by atoms with Crippen molar-refractivity contribution in [1.82, 2.24) is 14.9 Å². The molecule has 0 saturated carbocycles. The summed E-state index contributed by atoms with van der Waals surface area (Å²) in [5.74, 6) is 1.63. The Kier molecular flexibility index (Phi) is 2.55. The highest BCUT2D eigenvalue weighted by molar-refractivity contribution is 5.38. The van der Waals surface area contributed by atoms with Gasteiger partial charge in [0.1, 0.15) is 5.75 Å². The van der Waals surface area contributed by atoms with Gasteiger partial charge in [0.25, 0.3) is 0 Å². The molecule has 4 heteroatoms. The van der Waals surface area contributed by atoms with Gasteiger partial charge in [-0.2, -0.15) is 0 Å². The van der Waals surface area contributed by atoms with E-state index in [-0.39, 0.29) is 0 Å². The van der Waals surface area contributed by atoms with Gasteiger partial charge in [0.2, 0.25) is 0 Å². The number of para-hydroxylation sites is 1. The van der Waals surface area contributed by atoms with E-state index in [0.717, 1.165) is 31.9 Å². The van der Waals surface area contributed by atoms with Crippen molar-refractivity contribution in [3.05, 3.63) is 48.0 Å². The minimum absolute atomic E-state index is 0.364. The monoisotopic (exact) mass is 255 g/mol. The summed E-state index contributed by atoms with van der Waals surface area (Å²) in [6.45, 7) is 2.91. The van der Waals surface area contributed by atoms with Gasteiger partial charge in [-0.05, 0) is 6.07 Å². The van der Waals surface area contributed by atoms with E-state index in [1.807, 2.05) is 18.6 Å². The Bertz CT molecular complexity index is 589. The standard InChI is InChI=1S/C15H17N3O/c1-2-4-15-12(3-1)13(5-6-19-15)18-10-17-9-14(18)11-7-16-8-11/h1-4,9-11,13,16H,5-8H2. The van der Waals surface area contributed by atoms with Crippen molar-refractivity contribution < 1.29 is 4.74 Å². The molecule has 1 atom stereocenters. The lowest BCUT2D eigenvalue weighted by molar-refractivity contribution is 0.252. The molecule has 3 heterocycles. The number of hydrogen-bond acceptors (Lipinski definition) is 3. The number of nitrogens with zero attached hydrogens (tertiary/aromatic N) is 2. The van der Waals surface area contributed by atoms with E-state index in [1.165, 1.54) is 11.3 Å². The SMILES string of the molecule is c1ccc2c(c1)OCCC2n1cncc1C1CNC1. The number of hydrogen-bond donors (Lipinski definition) is 1. The van der Waals surface area contributed by atoms with E-state index < -0.39 is 0 Å². The van der Waals surface area contributed by atoms with Crippen molar-refractivity contribution >= 4 is 0 Å². The van der Waals surface area contributed by atoms with Crippen molar-refractivity contribution in [1.29, 1.82) is 0 Å². The topological polar surface area (TPSA) is 39.1 Å². The Hall–Kier alpha value is -1.81. The summed E-state index contributed by atoms with van der Waals surface area (Å²) in [5, 5.41) is 3.33. The van der Waals surface area contributed by atoms with Crippen molar-refractivity contribution in [2.24, 2.45) is 0 Å². The smallest absolute Gasteiger partial charge is 0.124 e. The van der Waals surface area contributed by atoms with Gasteiger partial charge >= 0.3 is 0 Å². The van der Waals surface area contributed by atoms with Gasteiger partial charge in [-0.15, -0.1) is 0 Å². The molecule has 4 rings (SSSR count). The first-order chi connectivity index (χ1) is 9.43. The quantitative estimate of drug-likeness (QED) is 0.891. The fourth-order valence-electron chi connectivity index (χ4n) is 3.00. The lowest BCUT2D eigenvalue weighted by Gasteiger charge is -2.32. The fraction of sp³-hybridized carbons (Fsp3) is 0.400. The van der Waals surface area contributed by atoms with Crippen LogP contribution in [-0.4, -0.2) is 29.2 Å². The van der Waals surface area contributed by atoms with Gasteiger partial charge in [-0.1, -0.05) is 18.2 Å². The normalized spacial score (nSPS) is 22.4. The summed E-state index contributed by atoms with van der Waals surface area (Å²) < 4.78 is 8.09. The maximum Gasteiger partial charge on any atom is 0.124 e. The number of fused-ring (bicyclic) bond motifs is 1. The van der Waals surface area contributed by atoms with E-state index in [4.69, 9.17) is 4.74 Å². The first kappa shape index (κ1) is 11.1. The fourth-order valence-corrected chi connectivity index (χ4v) is 3.00. The predicted molar refractivity (Wildman–Crippen MR) is 72.5 cm³/mol. The molecular formula is C15H17N3O. The lowest BCUT2D eigenvalue weighted by Crippen LogP contribution is -2.41. The zero-order valence-electron chi connectivity index (χ0n) is 10.7. The molecule has 1 aromatic heterocycles. The molecule has 1 N–H and O–H groups in total. The molecule has 19 heavy (non-hydrogen) atoms. The van der Waals surface area contributed by atoms with Crippen LogP contribution in [0.1, 0.15) is 29.6 Å². The molecule has 4 nitrogen and oxygen atoms in total. The van der Waals surface area contributed by atoms with Crippen LogP contribution in [0.5, 0.6) is 5.75 Å². The highest BCUT2D eigenvalue weighted by Crippen LogP contribution is 2.36. The number of benzene rings is 1. The van der Waals surface area contributed by atoms with Crippen molar-refractivity contribution in [2.75, 3.05) is 19.7 Å². The van der Waals surface area contributed by atoms with Gasteiger partial charge in [0.15, 0.2) is 0 Å². The van der Waals surface area contributed by atoms with Crippen LogP contribution < -0.4 is 10.1 Å². The lowest BCUT2D eigenvalue weighted by atomic mass is 9.96. The number of rotatable bonds is 2. The van der Waals surface area contributed by atoms with Gasteiger partial charge in [-0.3, -0.25) is 0 Å². The maximum atomic E-state index is 5.75. The molecule has 2 aromatic rings. The largest absolute Gasteiger partial charge is 0.493 e. The number of nitrogens with one attached hydrogen (secondary N) is 1. The summed E-state index contributed by atoms with van der Waals surface area (Å²) in [6, 6.07) is 8.71. The van der Waals surface area contributed by atoms with Crippen molar-refractivity contribution in [3.63, 3.8) is 0 Å². The first-order valence-electron chi connectivity index (χ1n) is 6.87. The Labute approximate surface area is 112 Å². The second-order valence-corrected chi connectivity index (χ2v) is 5.27. The van der Waals surface area contributed by atoms with Gasteiger partial charge in [0, 0.05) is 42.9 Å². The minimum Gasteiger partial charge on any atom is -0.493 e. The van der Waals surface area contributed by atoms with Crippen LogP contribution in [-0.2, 0) is 0 Å². The van der Waals surface area contributed by atoms with E-state index in [0.29, 0.717) is 12.0 Å². The molecule has 1 aromatic carbocycles. The molecule has 0 bridgehead atoms. The molecule has 0 radical (unpaired) electrons. The van der Waals surface area contributed by atoms with E-state index in [2.05, 4.69) is 33.1 Å². The molecule has 2 aliphatic heterocycles. The summed E-state index contributed by atoms with van der Waals surface area (Å²) in [6.07, 6.45) is 5.00.